The number of nitrogens with one attached hydrogen (secondary N) is 2. The summed E-state index contributed by atoms with van der Waals surface area (Å²) in [5.41, 5.74) is 5.17. The van der Waals surface area contributed by atoms with Gasteiger partial charge in [0.1, 0.15) is 12.4 Å². The van der Waals surface area contributed by atoms with E-state index in [0.717, 1.165) is 27.6 Å². The maximum atomic E-state index is 14.1. The Balaban J connectivity index is 1.04. The minimum Gasteiger partial charge on any atom is -0.368 e. The summed E-state index contributed by atoms with van der Waals surface area (Å²) in [6.45, 7) is 3.04. The Kier molecular flexibility index (Phi) is 8.18. The van der Waals surface area contributed by atoms with Crippen molar-refractivity contribution in [3.63, 3.8) is 0 Å². The number of carbonyl (C=O) groups excluding carboxylic acids is 2. The lowest BCUT2D eigenvalue weighted by atomic mass is 10.1. The van der Waals surface area contributed by atoms with Crippen LogP contribution in [-0.2, 0) is 11.3 Å². The number of aromatic nitrogens is 2. The second-order valence-corrected chi connectivity index (χ2v) is 11.1. The molecule has 1 aromatic heterocycles. The molecule has 2 heterocycles. The molecule has 0 atom stereocenters. The lowest BCUT2D eigenvalue weighted by Crippen LogP contribution is -2.49. The average molecular weight is 581 g/mol. The first-order chi connectivity index (χ1) is 20.5. The van der Waals surface area contributed by atoms with Gasteiger partial charge in [0.25, 0.3) is 5.91 Å². The highest BCUT2D eigenvalue weighted by molar-refractivity contribution is 7.99. The topological polar surface area (TPSA) is 72.3 Å². The molecule has 0 aliphatic carbocycles. The Hall–Kier alpha value is -4.63. The third kappa shape index (κ3) is 6.16. The summed E-state index contributed by atoms with van der Waals surface area (Å²) in [4.78, 5) is 32.9. The molecule has 1 aliphatic heterocycles. The Bertz CT molecular complexity index is 1700. The van der Waals surface area contributed by atoms with Gasteiger partial charge in [-0.15, -0.1) is 0 Å². The number of amides is 2. The number of thioether (sulfide) groups is 1. The van der Waals surface area contributed by atoms with E-state index in [-0.39, 0.29) is 23.1 Å². The molecule has 5 aromatic rings. The summed E-state index contributed by atoms with van der Waals surface area (Å²) in [7, 11) is 0. The molecule has 0 spiro atoms. The van der Waals surface area contributed by atoms with Crippen molar-refractivity contribution in [3.8, 4) is 0 Å². The molecular formula is C33H31FN5O2S+. The molecule has 42 heavy (non-hydrogen) atoms. The van der Waals surface area contributed by atoms with Gasteiger partial charge < -0.3 is 15.1 Å². The van der Waals surface area contributed by atoms with Crippen LogP contribution in [0.1, 0.15) is 15.9 Å². The first kappa shape index (κ1) is 27.5. The standard InChI is InChI=1S/C33H30FN5O2S/c34-28-11-5-4-10-27(28)32(41)38-20-18-37(19-21-38)26-16-14-25(15-17-26)35-31(40)23-42-33-36-29-12-6-7-13-30(29)39(33)22-24-8-2-1-3-9-24/h1-17H,18-23H2,(H,35,40)/p+1. The van der Waals surface area contributed by atoms with Gasteiger partial charge in [-0.3, -0.25) is 9.59 Å². The monoisotopic (exact) mass is 580 g/mol. The third-order valence-electron chi connectivity index (χ3n) is 7.39. The highest BCUT2D eigenvalue weighted by atomic mass is 32.2. The summed E-state index contributed by atoms with van der Waals surface area (Å²) in [5.74, 6) is -0.588. The van der Waals surface area contributed by atoms with E-state index in [4.69, 9.17) is 0 Å². The molecule has 1 fully saturated rings. The maximum absolute atomic E-state index is 14.1. The lowest BCUT2D eigenvalue weighted by Gasteiger charge is -2.36. The minimum absolute atomic E-state index is 0.0852. The highest BCUT2D eigenvalue weighted by Gasteiger charge is 2.24. The number of para-hydroxylation sites is 2. The molecular weight excluding hydrogens is 549 g/mol. The fourth-order valence-electron chi connectivity index (χ4n) is 5.20. The van der Waals surface area contributed by atoms with Crippen LogP contribution in [0.25, 0.3) is 11.0 Å². The van der Waals surface area contributed by atoms with Crippen LogP contribution in [0.15, 0.2) is 108 Å². The summed E-state index contributed by atoms with van der Waals surface area (Å²) < 4.78 is 16.3. The summed E-state index contributed by atoms with van der Waals surface area (Å²) >= 11 is 1.48. The molecule has 6 rings (SSSR count). The van der Waals surface area contributed by atoms with E-state index in [2.05, 4.69) is 38.0 Å². The van der Waals surface area contributed by atoms with Crippen LogP contribution in [0, 0.1) is 5.82 Å². The number of carbonyl (C=O) groups is 2. The number of anilines is 2. The predicted octanol–water partition coefficient (Wildman–Crippen LogP) is 5.34. The van der Waals surface area contributed by atoms with Crippen LogP contribution >= 0.6 is 11.8 Å². The molecule has 7 nitrogen and oxygen atoms in total. The zero-order valence-electron chi connectivity index (χ0n) is 23.0. The van der Waals surface area contributed by atoms with Gasteiger partial charge in [0.2, 0.25) is 5.91 Å². The average Bonchev–Trinajstić information content (AvgIpc) is 3.38. The van der Waals surface area contributed by atoms with Gasteiger partial charge in [0, 0.05) is 37.6 Å². The Morgan fingerprint density at radius 1 is 0.833 bits per heavy atom. The maximum Gasteiger partial charge on any atom is 0.317 e. The number of hydrogen-bond acceptors (Lipinski definition) is 4. The molecule has 0 unspecified atom stereocenters. The van der Waals surface area contributed by atoms with E-state index < -0.39 is 5.82 Å². The SMILES string of the molecule is O=C(CSc1[nH]c2ccccc2[n+]1Cc1ccccc1)Nc1ccc(N2CCN(C(=O)c3ccccc3F)CC2)cc1. The van der Waals surface area contributed by atoms with Gasteiger partial charge in [0.05, 0.1) is 11.3 Å². The summed E-state index contributed by atoms with van der Waals surface area (Å²) in [5, 5.41) is 3.93. The molecule has 2 amide bonds. The molecule has 0 saturated carbocycles. The molecule has 212 valence electrons. The van der Waals surface area contributed by atoms with E-state index in [1.807, 2.05) is 60.7 Å². The Labute approximate surface area is 248 Å². The number of halogens is 1. The number of imidazole rings is 1. The van der Waals surface area contributed by atoms with Crippen molar-refractivity contribution in [1.29, 1.82) is 0 Å². The van der Waals surface area contributed by atoms with E-state index in [9.17, 15) is 14.0 Å². The van der Waals surface area contributed by atoms with Crippen molar-refractivity contribution < 1.29 is 18.5 Å². The van der Waals surface area contributed by atoms with Crippen molar-refractivity contribution in [3.05, 3.63) is 120 Å². The van der Waals surface area contributed by atoms with Gasteiger partial charge in [0.15, 0.2) is 11.0 Å². The smallest absolute Gasteiger partial charge is 0.317 e. The van der Waals surface area contributed by atoms with Crippen molar-refractivity contribution in [2.45, 2.75) is 11.7 Å². The number of H-pyrrole nitrogens is 1. The van der Waals surface area contributed by atoms with Crippen LogP contribution < -0.4 is 14.8 Å². The zero-order chi connectivity index (χ0) is 28.9. The quantitative estimate of drug-likeness (QED) is 0.192. The highest BCUT2D eigenvalue weighted by Crippen LogP contribution is 2.22. The lowest BCUT2D eigenvalue weighted by molar-refractivity contribution is -0.700. The number of benzene rings is 4. The van der Waals surface area contributed by atoms with E-state index in [1.165, 1.54) is 29.5 Å². The first-order valence-corrected chi connectivity index (χ1v) is 14.9. The van der Waals surface area contributed by atoms with Crippen LogP contribution in [-0.4, -0.2) is 53.6 Å². The van der Waals surface area contributed by atoms with Crippen LogP contribution in [0.4, 0.5) is 15.8 Å². The second-order valence-electron chi connectivity index (χ2n) is 10.2. The van der Waals surface area contributed by atoms with Crippen LogP contribution in [0.2, 0.25) is 0 Å². The normalized spacial score (nSPS) is 13.4. The predicted molar refractivity (Wildman–Crippen MR) is 164 cm³/mol. The van der Waals surface area contributed by atoms with Crippen LogP contribution in [0.3, 0.4) is 0 Å². The molecule has 0 bridgehead atoms. The fourth-order valence-corrected chi connectivity index (χ4v) is 6.04. The Morgan fingerprint density at radius 3 is 2.29 bits per heavy atom. The molecule has 9 heteroatoms. The van der Waals surface area contributed by atoms with Gasteiger partial charge >= 0.3 is 5.16 Å². The van der Waals surface area contributed by atoms with Crippen molar-refractivity contribution in [2.75, 3.05) is 42.1 Å². The third-order valence-corrected chi connectivity index (χ3v) is 8.39. The Morgan fingerprint density at radius 2 is 1.52 bits per heavy atom. The molecule has 4 aromatic carbocycles. The summed E-state index contributed by atoms with van der Waals surface area (Å²) in [6, 6.07) is 32.3. The fraction of sp³-hybridized carbons (Fsp3) is 0.182. The summed E-state index contributed by atoms with van der Waals surface area (Å²) in [6.07, 6.45) is 0. The van der Waals surface area contributed by atoms with Crippen LogP contribution in [0.5, 0.6) is 0 Å². The van der Waals surface area contributed by atoms with E-state index >= 15 is 0 Å². The first-order valence-electron chi connectivity index (χ1n) is 13.9. The van der Waals surface area contributed by atoms with E-state index in [1.54, 1.807) is 17.0 Å². The number of nitrogens with zero attached hydrogens (tertiary/aromatic N) is 3. The van der Waals surface area contributed by atoms with Gasteiger partial charge in [-0.1, -0.05) is 54.6 Å². The molecule has 2 N–H and O–H groups in total. The minimum atomic E-state index is -0.492. The van der Waals surface area contributed by atoms with Gasteiger partial charge in [-0.2, -0.15) is 0 Å². The number of hydrogen-bond donors (Lipinski definition) is 2. The largest absolute Gasteiger partial charge is 0.368 e. The number of aromatic amines is 1. The van der Waals surface area contributed by atoms with Gasteiger partial charge in [-0.25, -0.2) is 13.9 Å². The number of piperazine rings is 1. The molecule has 1 saturated heterocycles. The molecule has 0 radical (unpaired) electrons. The second kappa shape index (κ2) is 12.5. The number of fused-ring (bicyclic) bond motifs is 1. The van der Waals surface area contributed by atoms with Crippen molar-refractivity contribution >= 4 is 46.0 Å². The van der Waals surface area contributed by atoms with Gasteiger partial charge in [-0.05, 0) is 65.9 Å². The number of rotatable bonds is 8. The van der Waals surface area contributed by atoms with Crippen molar-refractivity contribution in [2.24, 2.45) is 0 Å². The van der Waals surface area contributed by atoms with Crippen molar-refractivity contribution in [1.82, 2.24) is 9.88 Å². The molecule has 1 aliphatic rings. The van der Waals surface area contributed by atoms with E-state index in [0.29, 0.717) is 32.7 Å². The zero-order valence-corrected chi connectivity index (χ0v) is 23.8.